The predicted molar refractivity (Wildman–Crippen MR) is 75.6 cm³/mol. The number of H-pyrrole nitrogens is 1. The van der Waals surface area contributed by atoms with Crippen LogP contribution in [0, 0.1) is 5.92 Å². The summed E-state index contributed by atoms with van der Waals surface area (Å²) < 4.78 is 0. The number of nitrogens with one attached hydrogen (secondary N) is 1. The van der Waals surface area contributed by atoms with E-state index in [-0.39, 0.29) is 5.92 Å². The van der Waals surface area contributed by atoms with Gasteiger partial charge in [0.1, 0.15) is 0 Å². The van der Waals surface area contributed by atoms with Crippen molar-refractivity contribution in [2.45, 2.75) is 20.0 Å². The fraction of sp³-hybridized carbons (Fsp3) is 0.250. The SMILES string of the molecule is CC(C)C(O)c1ccc2[nH]c3ccccc3c2c1. The highest BCUT2D eigenvalue weighted by atomic mass is 16.3. The molecule has 2 nitrogen and oxygen atoms in total. The number of para-hydroxylation sites is 1. The number of rotatable bonds is 2. The van der Waals surface area contributed by atoms with E-state index in [9.17, 15) is 5.11 Å². The van der Waals surface area contributed by atoms with E-state index in [1.165, 1.54) is 10.8 Å². The molecular weight excluding hydrogens is 222 g/mol. The Kier molecular flexibility index (Phi) is 2.60. The molecule has 0 radical (unpaired) electrons. The van der Waals surface area contributed by atoms with E-state index in [4.69, 9.17) is 0 Å². The average Bonchev–Trinajstić information content (AvgIpc) is 2.75. The highest BCUT2D eigenvalue weighted by Gasteiger charge is 2.13. The summed E-state index contributed by atoms with van der Waals surface area (Å²) in [6.07, 6.45) is -0.400. The maximum Gasteiger partial charge on any atom is 0.0813 e. The lowest BCUT2D eigenvalue weighted by molar-refractivity contribution is 0.127. The third-order valence-corrected chi connectivity index (χ3v) is 3.50. The molecule has 0 saturated carbocycles. The molecule has 1 atom stereocenters. The molecule has 0 spiro atoms. The summed E-state index contributed by atoms with van der Waals surface area (Å²) in [6.45, 7) is 4.06. The van der Waals surface area contributed by atoms with Crippen molar-refractivity contribution < 1.29 is 5.11 Å². The Morgan fingerprint density at radius 2 is 1.67 bits per heavy atom. The third kappa shape index (κ3) is 1.70. The van der Waals surface area contributed by atoms with E-state index in [2.05, 4.69) is 29.2 Å². The van der Waals surface area contributed by atoms with Gasteiger partial charge in [-0.05, 0) is 29.7 Å². The molecule has 2 heteroatoms. The largest absolute Gasteiger partial charge is 0.388 e. The zero-order valence-corrected chi connectivity index (χ0v) is 10.6. The molecule has 1 heterocycles. The average molecular weight is 239 g/mol. The summed E-state index contributed by atoms with van der Waals surface area (Å²) in [5.74, 6) is 0.229. The van der Waals surface area contributed by atoms with Crippen LogP contribution in [0.5, 0.6) is 0 Å². The topological polar surface area (TPSA) is 36.0 Å². The van der Waals surface area contributed by atoms with Gasteiger partial charge in [0.15, 0.2) is 0 Å². The van der Waals surface area contributed by atoms with Crippen molar-refractivity contribution in [2.24, 2.45) is 5.92 Å². The molecule has 0 fully saturated rings. The van der Waals surface area contributed by atoms with E-state index in [1.54, 1.807) is 0 Å². The fourth-order valence-electron chi connectivity index (χ4n) is 2.43. The Balaban J connectivity index is 2.24. The molecule has 1 aromatic heterocycles. The Hall–Kier alpha value is -1.80. The van der Waals surface area contributed by atoms with Crippen LogP contribution in [0.1, 0.15) is 25.5 Å². The Morgan fingerprint density at radius 1 is 0.944 bits per heavy atom. The zero-order chi connectivity index (χ0) is 12.7. The highest BCUT2D eigenvalue weighted by molar-refractivity contribution is 6.07. The summed E-state index contributed by atoms with van der Waals surface area (Å²) in [5, 5.41) is 12.6. The van der Waals surface area contributed by atoms with Gasteiger partial charge in [-0.3, -0.25) is 0 Å². The second kappa shape index (κ2) is 4.14. The van der Waals surface area contributed by atoms with E-state index < -0.39 is 6.10 Å². The van der Waals surface area contributed by atoms with Crippen molar-refractivity contribution >= 4 is 21.8 Å². The van der Waals surface area contributed by atoms with Crippen LogP contribution in [0.4, 0.5) is 0 Å². The van der Waals surface area contributed by atoms with Crippen LogP contribution in [0.25, 0.3) is 21.8 Å². The second-order valence-corrected chi connectivity index (χ2v) is 5.16. The van der Waals surface area contributed by atoms with Crippen LogP contribution in [0.15, 0.2) is 42.5 Å². The van der Waals surface area contributed by atoms with Crippen LogP contribution in [-0.4, -0.2) is 10.1 Å². The van der Waals surface area contributed by atoms with E-state index in [1.807, 2.05) is 32.0 Å². The van der Waals surface area contributed by atoms with Gasteiger partial charge < -0.3 is 10.1 Å². The summed E-state index contributed by atoms with van der Waals surface area (Å²) in [4.78, 5) is 3.39. The predicted octanol–water partition coefficient (Wildman–Crippen LogP) is 4.01. The van der Waals surface area contributed by atoms with E-state index >= 15 is 0 Å². The molecule has 0 saturated heterocycles. The van der Waals surface area contributed by atoms with Gasteiger partial charge in [0.25, 0.3) is 0 Å². The van der Waals surface area contributed by atoms with Gasteiger partial charge in [-0.25, -0.2) is 0 Å². The Labute approximate surface area is 106 Å². The van der Waals surface area contributed by atoms with Gasteiger partial charge in [0.05, 0.1) is 6.10 Å². The lowest BCUT2D eigenvalue weighted by Crippen LogP contribution is -2.04. The summed E-state index contributed by atoms with van der Waals surface area (Å²) in [6, 6.07) is 14.4. The first-order valence-corrected chi connectivity index (χ1v) is 6.35. The molecule has 3 rings (SSSR count). The minimum Gasteiger partial charge on any atom is -0.388 e. The van der Waals surface area contributed by atoms with Crippen LogP contribution < -0.4 is 0 Å². The van der Waals surface area contributed by atoms with Gasteiger partial charge in [-0.2, -0.15) is 0 Å². The number of aliphatic hydroxyl groups excluding tert-OH is 1. The summed E-state index contributed by atoms with van der Waals surface area (Å²) in [7, 11) is 0. The monoisotopic (exact) mass is 239 g/mol. The molecule has 18 heavy (non-hydrogen) atoms. The normalized spacial score (nSPS) is 13.6. The molecule has 0 aliphatic heterocycles. The molecule has 1 unspecified atom stereocenters. The van der Waals surface area contributed by atoms with Gasteiger partial charge in [0, 0.05) is 21.8 Å². The Morgan fingerprint density at radius 3 is 2.44 bits per heavy atom. The first kappa shape index (κ1) is 11.3. The second-order valence-electron chi connectivity index (χ2n) is 5.16. The first-order chi connectivity index (χ1) is 8.66. The fourth-order valence-corrected chi connectivity index (χ4v) is 2.43. The van der Waals surface area contributed by atoms with Crippen LogP contribution in [0.2, 0.25) is 0 Å². The number of aromatic amines is 1. The van der Waals surface area contributed by atoms with E-state index in [0.29, 0.717) is 0 Å². The minimum atomic E-state index is -0.400. The number of hydrogen-bond acceptors (Lipinski definition) is 1. The van der Waals surface area contributed by atoms with Gasteiger partial charge in [-0.15, -0.1) is 0 Å². The van der Waals surface area contributed by atoms with Gasteiger partial charge in [-0.1, -0.05) is 38.1 Å². The molecule has 0 aliphatic rings. The molecule has 92 valence electrons. The third-order valence-electron chi connectivity index (χ3n) is 3.50. The van der Waals surface area contributed by atoms with Gasteiger partial charge >= 0.3 is 0 Å². The maximum atomic E-state index is 10.2. The molecule has 3 aromatic rings. The lowest BCUT2D eigenvalue weighted by Gasteiger charge is -2.14. The molecule has 0 bridgehead atoms. The molecular formula is C16H17NO. The number of benzene rings is 2. The van der Waals surface area contributed by atoms with Crippen molar-refractivity contribution in [3.8, 4) is 0 Å². The van der Waals surface area contributed by atoms with Gasteiger partial charge in [0.2, 0.25) is 0 Å². The molecule has 0 aliphatic carbocycles. The Bertz CT molecular complexity index is 696. The van der Waals surface area contributed by atoms with Crippen molar-refractivity contribution in [2.75, 3.05) is 0 Å². The van der Waals surface area contributed by atoms with Crippen LogP contribution in [-0.2, 0) is 0 Å². The smallest absolute Gasteiger partial charge is 0.0813 e. The van der Waals surface area contributed by atoms with Crippen LogP contribution >= 0.6 is 0 Å². The number of aromatic nitrogens is 1. The molecule has 2 aromatic carbocycles. The lowest BCUT2D eigenvalue weighted by atomic mass is 9.97. The first-order valence-electron chi connectivity index (χ1n) is 6.35. The minimum absolute atomic E-state index is 0.229. The number of hydrogen-bond donors (Lipinski definition) is 2. The summed E-state index contributed by atoms with van der Waals surface area (Å²) in [5.41, 5.74) is 3.25. The van der Waals surface area contributed by atoms with E-state index in [0.717, 1.165) is 16.6 Å². The maximum absolute atomic E-state index is 10.2. The molecule has 0 amide bonds. The zero-order valence-electron chi connectivity index (χ0n) is 10.6. The standard InChI is InChI=1S/C16H17NO/c1-10(2)16(18)11-7-8-15-13(9-11)12-5-3-4-6-14(12)17-15/h3-10,16-18H,1-2H3. The summed E-state index contributed by atoms with van der Waals surface area (Å²) >= 11 is 0. The van der Waals surface area contributed by atoms with Crippen molar-refractivity contribution in [3.63, 3.8) is 0 Å². The number of aliphatic hydroxyl groups is 1. The van der Waals surface area contributed by atoms with Crippen molar-refractivity contribution in [3.05, 3.63) is 48.0 Å². The quantitative estimate of drug-likeness (QED) is 0.696. The van der Waals surface area contributed by atoms with Crippen LogP contribution in [0.3, 0.4) is 0 Å². The van der Waals surface area contributed by atoms with Crippen molar-refractivity contribution in [1.82, 2.24) is 4.98 Å². The number of fused-ring (bicyclic) bond motifs is 3. The highest BCUT2D eigenvalue weighted by Crippen LogP contribution is 2.29. The molecule has 2 N–H and O–H groups in total. The van der Waals surface area contributed by atoms with Crippen molar-refractivity contribution in [1.29, 1.82) is 0 Å².